The van der Waals surface area contributed by atoms with Gasteiger partial charge >= 0.3 is 0 Å². The maximum absolute atomic E-state index is 11.9. The Morgan fingerprint density at radius 1 is 0.719 bits per heavy atom. The number of terminal acetylenes is 1. The van der Waals surface area contributed by atoms with Gasteiger partial charge in [0.1, 0.15) is 19.3 Å². The molecule has 0 heterocycles. The maximum atomic E-state index is 11.9. The first kappa shape index (κ1) is 25.0. The summed E-state index contributed by atoms with van der Waals surface area (Å²) in [7, 11) is -3.82. The SMILES string of the molecule is C#CC#CC#CC#CC#CC#CC#CC#CC#COCCOS(=O)(=O)c1ccc(C)cc1.[HH].[HH].[HH].[HH].[HH].[HH].[HH].[HH].[HH].[HH].[HH].[HH].[HH].[HH].[HH].[HH].[HH]. The first-order valence-electron chi connectivity index (χ1n) is 8.60. The number of ether oxygens (including phenoxy) is 1. The van der Waals surface area contributed by atoms with E-state index in [0.29, 0.717) is 0 Å². The number of rotatable bonds is 5. The van der Waals surface area contributed by atoms with E-state index in [2.05, 4.69) is 101 Å². The van der Waals surface area contributed by atoms with Gasteiger partial charge in [-0.15, -0.1) is 6.42 Å². The van der Waals surface area contributed by atoms with Gasteiger partial charge in [-0.2, -0.15) is 8.42 Å². The van der Waals surface area contributed by atoms with E-state index in [4.69, 9.17) is 15.3 Å². The average Bonchev–Trinajstić information content (AvgIpc) is 2.78. The van der Waals surface area contributed by atoms with Crippen LogP contribution >= 0.6 is 0 Å². The van der Waals surface area contributed by atoms with Crippen LogP contribution < -0.4 is 0 Å². The lowest BCUT2D eigenvalue weighted by Gasteiger charge is -2.04. The highest BCUT2D eigenvalue weighted by Gasteiger charge is 2.14. The van der Waals surface area contributed by atoms with Crippen molar-refractivity contribution in [3.63, 3.8) is 0 Å². The van der Waals surface area contributed by atoms with Gasteiger partial charge < -0.3 is 4.74 Å². The molecule has 0 atom stereocenters. The molecule has 184 valence electrons. The molecule has 0 bridgehead atoms. The van der Waals surface area contributed by atoms with E-state index < -0.39 is 10.1 Å². The Morgan fingerprint density at radius 3 is 1.62 bits per heavy atom. The molecular weight excluding hydrogens is 420 g/mol. The van der Waals surface area contributed by atoms with Crippen LogP contribution in [0.2, 0.25) is 0 Å². The zero-order chi connectivity index (χ0) is 23.3. The van der Waals surface area contributed by atoms with Gasteiger partial charge in [0.05, 0.1) is 4.90 Å². The molecule has 32 heavy (non-hydrogen) atoms. The molecule has 1 aromatic rings. The highest BCUT2D eigenvalue weighted by Crippen LogP contribution is 2.12. The van der Waals surface area contributed by atoms with E-state index in [9.17, 15) is 8.42 Å². The summed E-state index contributed by atoms with van der Waals surface area (Å²) < 4.78 is 33.7. The van der Waals surface area contributed by atoms with E-state index >= 15 is 0 Å². The third-order valence-electron chi connectivity index (χ3n) is 2.80. The molecule has 0 aliphatic heterocycles. The molecular formula is C27H46O4S. The molecule has 5 heteroatoms. The number of hydrogen-bond donors (Lipinski definition) is 0. The summed E-state index contributed by atoms with van der Waals surface area (Å²) in [5.41, 5.74) is 0.949. The van der Waals surface area contributed by atoms with Crippen molar-refractivity contribution in [2.24, 2.45) is 0 Å². The van der Waals surface area contributed by atoms with Crippen LogP contribution in [0.3, 0.4) is 0 Å². The standard InChI is InChI=1S/C27H12O4S.17H2/c1-3-4-5-6-7-8-9-10-11-12-13-14-15-16-17-18-23-30-24-25-31-32(28,29)27-21-19-26(2)20-22-27;;;;;;;;;;;;;;;;;/h1,19-22H,24-25H2,2H3;17*1H. The van der Waals surface area contributed by atoms with Crippen molar-refractivity contribution in [1.82, 2.24) is 0 Å². The van der Waals surface area contributed by atoms with Crippen LogP contribution in [0.25, 0.3) is 0 Å². The molecule has 0 fully saturated rings. The van der Waals surface area contributed by atoms with Crippen LogP contribution in [0.15, 0.2) is 29.2 Å². The highest BCUT2D eigenvalue weighted by atomic mass is 32.2. The van der Waals surface area contributed by atoms with Crippen LogP contribution in [-0.4, -0.2) is 21.6 Å². The predicted octanol–water partition coefficient (Wildman–Crippen LogP) is 5.52. The number of hydrogen-bond acceptors (Lipinski definition) is 4. The highest BCUT2D eigenvalue weighted by molar-refractivity contribution is 7.86. The van der Waals surface area contributed by atoms with E-state index in [1.807, 2.05) is 6.92 Å². The van der Waals surface area contributed by atoms with Crippen molar-refractivity contribution in [3.8, 4) is 107 Å². The first-order valence-corrected chi connectivity index (χ1v) is 10.0. The molecule has 0 aliphatic carbocycles. The van der Waals surface area contributed by atoms with Crippen molar-refractivity contribution in [3.05, 3.63) is 29.8 Å². The summed E-state index contributed by atoms with van der Waals surface area (Å²) in [6, 6.07) is 6.33. The molecule has 0 aromatic heterocycles. The van der Waals surface area contributed by atoms with E-state index in [1.165, 1.54) is 12.1 Å². The van der Waals surface area contributed by atoms with Crippen LogP contribution in [0.4, 0.5) is 0 Å². The quantitative estimate of drug-likeness (QED) is 0.326. The van der Waals surface area contributed by atoms with Gasteiger partial charge in [0, 0.05) is 71.6 Å². The van der Waals surface area contributed by atoms with Gasteiger partial charge in [-0.25, -0.2) is 0 Å². The molecule has 0 unspecified atom stereocenters. The molecule has 0 radical (unpaired) electrons. The largest absolute Gasteiger partial charge is 0.443 e. The smallest absolute Gasteiger partial charge is 0.297 e. The average molecular weight is 467 g/mol. The summed E-state index contributed by atoms with van der Waals surface area (Å²) in [4.78, 5) is 0.0808. The Morgan fingerprint density at radius 2 is 1.16 bits per heavy atom. The molecule has 0 spiro atoms. The summed E-state index contributed by atoms with van der Waals surface area (Å²) in [6.07, 6.45) is 7.21. The van der Waals surface area contributed by atoms with E-state index in [-0.39, 0.29) is 42.4 Å². The van der Waals surface area contributed by atoms with Gasteiger partial charge in [0.15, 0.2) is 0 Å². The van der Waals surface area contributed by atoms with Gasteiger partial charge in [-0.05, 0) is 66.4 Å². The summed E-state index contributed by atoms with van der Waals surface area (Å²) >= 11 is 0. The van der Waals surface area contributed by atoms with Crippen LogP contribution in [-0.2, 0) is 19.0 Å². The number of benzene rings is 1. The second-order valence-corrected chi connectivity index (χ2v) is 6.67. The molecule has 0 aliphatic rings. The third-order valence-corrected chi connectivity index (χ3v) is 4.13. The Balaban J connectivity index is -0.0000000402. The monoisotopic (exact) mass is 466 g/mol. The van der Waals surface area contributed by atoms with Gasteiger partial charge in [0.25, 0.3) is 10.1 Å². The van der Waals surface area contributed by atoms with E-state index in [0.717, 1.165) is 5.56 Å². The Bertz CT molecular complexity index is 1520. The minimum absolute atomic E-state index is 0. The predicted molar refractivity (Wildman–Crippen MR) is 157 cm³/mol. The molecule has 4 nitrogen and oxygen atoms in total. The molecule has 0 amide bonds. The molecule has 1 aromatic carbocycles. The zero-order valence-electron chi connectivity index (χ0n) is 16.8. The van der Waals surface area contributed by atoms with Gasteiger partial charge in [-0.1, -0.05) is 17.7 Å². The topological polar surface area (TPSA) is 52.6 Å². The molecule has 1 rings (SSSR count). The fourth-order valence-electron chi connectivity index (χ4n) is 1.51. The Hall–Kier alpha value is -5.03. The lowest BCUT2D eigenvalue weighted by atomic mass is 10.2. The second kappa shape index (κ2) is 15.8. The van der Waals surface area contributed by atoms with Crippen LogP contribution in [0.1, 0.15) is 29.8 Å². The van der Waals surface area contributed by atoms with Crippen molar-refractivity contribution in [2.75, 3.05) is 13.2 Å². The zero-order valence-corrected chi connectivity index (χ0v) is 17.7. The Labute approximate surface area is 214 Å². The lowest BCUT2D eigenvalue weighted by molar-refractivity contribution is 0.198. The van der Waals surface area contributed by atoms with Crippen molar-refractivity contribution in [1.29, 1.82) is 0 Å². The Kier molecular flexibility index (Phi) is 12.4. The summed E-state index contributed by atoms with van der Waals surface area (Å²) in [6.45, 7) is 1.64. The summed E-state index contributed by atoms with van der Waals surface area (Å²) in [5, 5.41) is 0. The van der Waals surface area contributed by atoms with Gasteiger partial charge in [0.2, 0.25) is 0 Å². The molecule has 0 saturated heterocycles. The third kappa shape index (κ3) is 12.4. The maximum Gasteiger partial charge on any atom is 0.297 e. The van der Waals surface area contributed by atoms with Gasteiger partial charge in [-0.3, -0.25) is 4.18 Å². The van der Waals surface area contributed by atoms with Crippen LogP contribution in [0, 0.1) is 114 Å². The lowest BCUT2D eigenvalue weighted by Crippen LogP contribution is -2.10. The normalized spacial score (nSPS) is 7.38. The van der Waals surface area contributed by atoms with E-state index in [1.54, 1.807) is 12.1 Å². The molecule has 0 N–H and O–H groups in total. The van der Waals surface area contributed by atoms with Crippen molar-refractivity contribution < 1.29 is 41.6 Å². The van der Waals surface area contributed by atoms with Crippen LogP contribution in [0.5, 0.6) is 0 Å². The van der Waals surface area contributed by atoms with Crippen molar-refractivity contribution in [2.45, 2.75) is 11.8 Å². The molecule has 0 saturated carbocycles. The first-order chi connectivity index (χ1) is 15.6. The summed E-state index contributed by atoms with van der Waals surface area (Å²) in [5.74, 6) is 38.7. The van der Waals surface area contributed by atoms with Crippen molar-refractivity contribution >= 4 is 10.1 Å². The minimum Gasteiger partial charge on any atom is -0.443 e. The number of aryl methyl sites for hydroxylation is 1. The minimum atomic E-state index is -3.82. The fourth-order valence-corrected chi connectivity index (χ4v) is 2.41. The fraction of sp³-hybridized carbons (Fsp3) is 0.111. The second-order valence-electron chi connectivity index (χ2n) is 5.06.